The van der Waals surface area contributed by atoms with Gasteiger partial charge in [0.15, 0.2) is 0 Å². The standard InChI is InChI=1S/C20H18ClN3O2S/c1-27-16-8-4-14(5-9-16)19-22-20(26-23-19)17-10-11-18(25)24(17)12-13-2-6-15(21)7-3-13/h2-9,17H,10-12H2,1H3. The molecule has 0 N–H and O–H groups in total. The summed E-state index contributed by atoms with van der Waals surface area (Å²) in [5, 5.41) is 4.79. The molecule has 4 rings (SSSR count). The van der Waals surface area contributed by atoms with Gasteiger partial charge in [-0.1, -0.05) is 28.9 Å². The zero-order valence-electron chi connectivity index (χ0n) is 14.8. The Hall–Kier alpha value is -2.31. The van der Waals surface area contributed by atoms with E-state index in [9.17, 15) is 4.79 Å². The van der Waals surface area contributed by atoms with Gasteiger partial charge in [-0.2, -0.15) is 4.98 Å². The highest BCUT2D eigenvalue weighted by atomic mass is 35.5. The van der Waals surface area contributed by atoms with Gasteiger partial charge in [0.25, 0.3) is 0 Å². The van der Waals surface area contributed by atoms with Crippen LogP contribution in [-0.4, -0.2) is 27.2 Å². The van der Waals surface area contributed by atoms with Gasteiger partial charge in [0.05, 0.1) is 0 Å². The Bertz CT molecular complexity index is 941. The molecule has 2 aromatic carbocycles. The number of carbonyl (C=O) groups excluding carboxylic acids is 1. The van der Waals surface area contributed by atoms with Crippen molar-refractivity contribution in [3.63, 3.8) is 0 Å². The van der Waals surface area contributed by atoms with Crippen molar-refractivity contribution in [2.24, 2.45) is 0 Å². The van der Waals surface area contributed by atoms with Gasteiger partial charge < -0.3 is 9.42 Å². The van der Waals surface area contributed by atoms with Gasteiger partial charge in [0, 0.05) is 28.4 Å². The minimum atomic E-state index is -0.195. The molecule has 138 valence electrons. The fourth-order valence-electron chi connectivity index (χ4n) is 3.20. The lowest BCUT2D eigenvalue weighted by Gasteiger charge is -2.22. The number of aromatic nitrogens is 2. The van der Waals surface area contributed by atoms with E-state index < -0.39 is 0 Å². The van der Waals surface area contributed by atoms with Crippen LogP contribution in [0.2, 0.25) is 5.02 Å². The van der Waals surface area contributed by atoms with Crippen molar-refractivity contribution in [1.82, 2.24) is 15.0 Å². The Labute approximate surface area is 166 Å². The summed E-state index contributed by atoms with van der Waals surface area (Å²) < 4.78 is 5.51. The molecule has 3 aromatic rings. The number of thioether (sulfide) groups is 1. The fourth-order valence-corrected chi connectivity index (χ4v) is 3.74. The molecular weight excluding hydrogens is 382 g/mol. The van der Waals surface area contributed by atoms with E-state index in [0.717, 1.165) is 11.1 Å². The maximum absolute atomic E-state index is 12.4. The van der Waals surface area contributed by atoms with Crippen LogP contribution in [0.4, 0.5) is 0 Å². The predicted octanol–water partition coefficient (Wildman–Crippen LogP) is 4.98. The summed E-state index contributed by atoms with van der Waals surface area (Å²) in [7, 11) is 0. The Balaban J connectivity index is 1.55. The number of nitrogens with zero attached hydrogens (tertiary/aromatic N) is 3. The lowest BCUT2D eigenvalue weighted by molar-refractivity contribution is -0.129. The van der Waals surface area contributed by atoms with Gasteiger partial charge in [-0.25, -0.2) is 0 Å². The average molecular weight is 400 g/mol. The van der Waals surface area contributed by atoms with Crippen molar-refractivity contribution < 1.29 is 9.32 Å². The molecule has 5 nitrogen and oxygen atoms in total. The van der Waals surface area contributed by atoms with Crippen LogP contribution in [0.25, 0.3) is 11.4 Å². The molecule has 1 aromatic heterocycles. The second kappa shape index (κ2) is 7.74. The zero-order valence-corrected chi connectivity index (χ0v) is 16.3. The van der Waals surface area contributed by atoms with Gasteiger partial charge >= 0.3 is 0 Å². The van der Waals surface area contributed by atoms with Gasteiger partial charge in [-0.3, -0.25) is 4.79 Å². The maximum Gasteiger partial charge on any atom is 0.249 e. The van der Waals surface area contributed by atoms with E-state index in [2.05, 4.69) is 10.1 Å². The van der Waals surface area contributed by atoms with Gasteiger partial charge in [0.1, 0.15) is 6.04 Å². The summed E-state index contributed by atoms with van der Waals surface area (Å²) >= 11 is 7.63. The summed E-state index contributed by atoms with van der Waals surface area (Å²) in [4.78, 5) is 19.9. The van der Waals surface area contributed by atoms with Crippen LogP contribution < -0.4 is 0 Å². The third-order valence-electron chi connectivity index (χ3n) is 4.67. The van der Waals surface area contributed by atoms with Gasteiger partial charge in [-0.15, -0.1) is 11.8 Å². The van der Waals surface area contributed by atoms with E-state index in [0.29, 0.717) is 36.1 Å². The van der Waals surface area contributed by atoms with Crippen molar-refractivity contribution >= 4 is 29.3 Å². The van der Waals surface area contributed by atoms with Gasteiger partial charge in [-0.05, 0) is 54.6 Å². The number of hydrogen-bond donors (Lipinski definition) is 0. The van der Waals surface area contributed by atoms with Crippen molar-refractivity contribution in [2.75, 3.05) is 6.26 Å². The average Bonchev–Trinajstić information content (AvgIpc) is 3.31. The minimum absolute atomic E-state index is 0.0963. The summed E-state index contributed by atoms with van der Waals surface area (Å²) in [6.45, 7) is 0.501. The molecule has 0 saturated carbocycles. The van der Waals surface area contributed by atoms with E-state index >= 15 is 0 Å². The molecule has 1 saturated heterocycles. The molecule has 1 amide bonds. The number of halogens is 1. The summed E-state index contributed by atoms with van der Waals surface area (Å²) in [6, 6.07) is 15.3. The molecule has 1 aliphatic rings. The SMILES string of the molecule is CSc1ccc(-c2noc(C3CCC(=O)N3Cc3ccc(Cl)cc3)n2)cc1. The molecule has 2 heterocycles. The molecule has 0 radical (unpaired) electrons. The first-order chi connectivity index (χ1) is 13.1. The van der Waals surface area contributed by atoms with Crippen LogP contribution in [0, 0.1) is 0 Å². The van der Waals surface area contributed by atoms with Crippen molar-refractivity contribution in [1.29, 1.82) is 0 Å². The number of carbonyl (C=O) groups is 1. The van der Waals surface area contributed by atoms with Crippen LogP contribution >= 0.6 is 23.4 Å². The number of hydrogen-bond acceptors (Lipinski definition) is 5. The van der Waals surface area contributed by atoms with Crippen LogP contribution in [-0.2, 0) is 11.3 Å². The highest BCUT2D eigenvalue weighted by Gasteiger charge is 2.36. The molecule has 7 heteroatoms. The zero-order chi connectivity index (χ0) is 18.8. The molecular formula is C20H18ClN3O2S. The largest absolute Gasteiger partial charge is 0.337 e. The Morgan fingerprint density at radius 3 is 2.63 bits per heavy atom. The molecule has 1 unspecified atom stereocenters. The lowest BCUT2D eigenvalue weighted by Crippen LogP contribution is -2.27. The van der Waals surface area contributed by atoms with Gasteiger partial charge in [0.2, 0.25) is 17.6 Å². The smallest absolute Gasteiger partial charge is 0.249 e. The molecule has 0 bridgehead atoms. The highest BCUT2D eigenvalue weighted by Crippen LogP contribution is 2.34. The van der Waals surface area contributed by atoms with E-state index in [4.69, 9.17) is 16.1 Å². The number of rotatable bonds is 5. The first-order valence-corrected chi connectivity index (χ1v) is 10.3. The number of amides is 1. The molecule has 1 aliphatic heterocycles. The van der Waals surface area contributed by atoms with E-state index in [1.54, 1.807) is 16.7 Å². The van der Waals surface area contributed by atoms with Crippen LogP contribution in [0.3, 0.4) is 0 Å². The van der Waals surface area contributed by atoms with E-state index in [-0.39, 0.29) is 11.9 Å². The van der Waals surface area contributed by atoms with E-state index in [1.165, 1.54) is 4.90 Å². The minimum Gasteiger partial charge on any atom is -0.337 e. The molecule has 0 spiro atoms. The molecule has 1 fully saturated rings. The normalized spacial score (nSPS) is 16.9. The first kappa shape index (κ1) is 18.1. The second-order valence-electron chi connectivity index (χ2n) is 6.39. The van der Waals surface area contributed by atoms with Crippen molar-refractivity contribution in [3.05, 3.63) is 65.0 Å². The fraction of sp³-hybridized carbons (Fsp3) is 0.250. The highest BCUT2D eigenvalue weighted by molar-refractivity contribution is 7.98. The Kier molecular flexibility index (Phi) is 5.18. The quantitative estimate of drug-likeness (QED) is 0.566. The van der Waals surface area contributed by atoms with Crippen LogP contribution in [0.15, 0.2) is 57.9 Å². The van der Waals surface area contributed by atoms with E-state index in [1.807, 2.05) is 54.8 Å². The number of benzene rings is 2. The third kappa shape index (κ3) is 3.87. The first-order valence-electron chi connectivity index (χ1n) is 8.66. The molecule has 27 heavy (non-hydrogen) atoms. The predicted molar refractivity (Wildman–Crippen MR) is 105 cm³/mol. The monoisotopic (exact) mass is 399 g/mol. The topological polar surface area (TPSA) is 59.2 Å². The Morgan fingerprint density at radius 2 is 1.93 bits per heavy atom. The summed E-state index contributed by atoms with van der Waals surface area (Å²) in [5.74, 6) is 1.13. The van der Waals surface area contributed by atoms with Crippen molar-refractivity contribution in [3.8, 4) is 11.4 Å². The summed E-state index contributed by atoms with van der Waals surface area (Å²) in [5.41, 5.74) is 1.92. The van der Waals surface area contributed by atoms with Crippen LogP contribution in [0.5, 0.6) is 0 Å². The molecule has 1 atom stereocenters. The summed E-state index contributed by atoms with van der Waals surface area (Å²) in [6.07, 6.45) is 3.20. The van der Waals surface area contributed by atoms with Crippen LogP contribution in [0.1, 0.15) is 30.3 Å². The second-order valence-corrected chi connectivity index (χ2v) is 7.70. The lowest BCUT2D eigenvalue weighted by atomic mass is 10.1. The van der Waals surface area contributed by atoms with Crippen molar-refractivity contribution in [2.45, 2.75) is 30.3 Å². The molecule has 0 aliphatic carbocycles. The maximum atomic E-state index is 12.4. The Morgan fingerprint density at radius 1 is 1.19 bits per heavy atom. The number of likely N-dealkylation sites (tertiary alicyclic amines) is 1. The third-order valence-corrected chi connectivity index (χ3v) is 5.66.